The summed E-state index contributed by atoms with van der Waals surface area (Å²) >= 11 is 0. The Bertz CT molecular complexity index is 476. The quantitative estimate of drug-likeness (QED) is 0.742. The van der Waals surface area contributed by atoms with Crippen molar-refractivity contribution in [2.24, 2.45) is 5.92 Å². The number of nitrogens with zero attached hydrogens (tertiary/aromatic N) is 2. The number of rotatable bonds is 7. The highest BCUT2D eigenvalue weighted by molar-refractivity contribution is 5.57. The van der Waals surface area contributed by atoms with Gasteiger partial charge >= 0.3 is 0 Å². The molecule has 2 saturated carbocycles. The van der Waals surface area contributed by atoms with Crippen molar-refractivity contribution < 1.29 is 0 Å². The summed E-state index contributed by atoms with van der Waals surface area (Å²) in [5.41, 5.74) is 1.14. The Morgan fingerprint density at radius 3 is 2.43 bits per heavy atom. The number of anilines is 2. The standard InChI is InChI=1S/C17H28N4/c1-12-15(18-2)20-17(14-9-10-14)21-16(12)19-11-5-8-13-6-3-4-7-13/h13-14H,3-11H2,1-2H3,(H2,18,19,20,21). The van der Waals surface area contributed by atoms with E-state index in [4.69, 9.17) is 4.98 Å². The highest BCUT2D eigenvalue weighted by Crippen LogP contribution is 2.39. The molecule has 1 aromatic rings. The smallest absolute Gasteiger partial charge is 0.136 e. The van der Waals surface area contributed by atoms with Crippen molar-refractivity contribution >= 4 is 11.6 Å². The highest BCUT2D eigenvalue weighted by Gasteiger charge is 2.28. The van der Waals surface area contributed by atoms with Gasteiger partial charge in [0.25, 0.3) is 0 Å². The van der Waals surface area contributed by atoms with Crippen molar-refractivity contribution in [3.63, 3.8) is 0 Å². The molecule has 2 aliphatic carbocycles. The molecule has 1 heterocycles. The molecule has 0 atom stereocenters. The zero-order valence-electron chi connectivity index (χ0n) is 13.4. The zero-order chi connectivity index (χ0) is 14.7. The third kappa shape index (κ3) is 3.66. The molecule has 2 aliphatic rings. The monoisotopic (exact) mass is 288 g/mol. The molecular formula is C17H28N4. The van der Waals surface area contributed by atoms with E-state index in [-0.39, 0.29) is 0 Å². The lowest BCUT2D eigenvalue weighted by molar-refractivity contribution is 0.491. The van der Waals surface area contributed by atoms with Crippen LogP contribution in [0, 0.1) is 12.8 Å². The van der Waals surface area contributed by atoms with E-state index in [0.29, 0.717) is 5.92 Å². The fourth-order valence-corrected chi connectivity index (χ4v) is 3.37. The van der Waals surface area contributed by atoms with Gasteiger partial charge < -0.3 is 10.6 Å². The van der Waals surface area contributed by atoms with Gasteiger partial charge in [0.15, 0.2) is 0 Å². The fourth-order valence-electron chi connectivity index (χ4n) is 3.37. The van der Waals surface area contributed by atoms with E-state index in [9.17, 15) is 0 Å². The molecule has 0 aromatic carbocycles. The lowest BCUT2D eigenvalue weighted by Gasteiger charge is -2.14. The van der Waals surface area contributed by atoms with Crippen LogP contribution in [0.25, 0.3) is 0 Å². The van der Waals surface area contributed by atoms with Gasteiger partial charge in [-0.3, -0.25) is 0 Å². The van der Waals surface area contributed by atoms with Crippen LogP contribution >= 0.6 is 0 Å². The molecule has 3 rings (SSSR count). The van der Waals surface area contributed by atoms with Crippen molar-refractivity contribution in [1.29, 1.82) is 0 Å². The van der Waals surface area contributed by atoms with E-state index in [1.54, 1.807) is 0 Å². The van der Waals surface area contributed by atoms with Gasteiger partial charge in [0, 0.05) is 25.1 Å². The minimum atomic E-state index is 0.594. The Morgan fingerprint density at radius 2 is 1.76 bits per heavy atom. The predicted molar refractivity (Wildman–Crippen MR) is 88.0 cm³/mol. The van der Waals surface area contributed by atoms with Crippen molar-refractivity contribution in [2.45, 2.75) is 64.2 Å². The molecule has 0 amide bonds. The van der Waals surface area contributed by atoms with Crippen LogP contribution in [0.3, 0.4) is 0 Å². The summed E-state index contributed by atoms with van der Waals surface area (Å²) in [4.78, 5) is 9.39. The van der Waals surface area contributed by atoms with E-state index >= 15 is 0 Å². The molecule has 1 aromatic heterocycles. The second-order valence-electron chi connectivity index (χ2n) is 6.65. The maximum absolute atomic E-state index is 4.75. The van der Waals surface area contributed by atoms with Crippen LogP contribution in [0.4, 0.5) is 11.6 Å². The SMILES string of the molecule is CNc1nc(C2CC2)nc(NCCCC2CCCC2)c1C. The van der Waals surface area contributed by atoms with Gasteiger partial charge in [0.05, 0.1) is 0 Å². The van der Waals surface area contributed by atoms with Crippen LogP contribution in [-0.2, 0) is 0 Å². The molecular weight excluding hydrogens is 260 g/mol. The van der Waals surface area contributed by atoms with Crippen LogP contribution in [0.1, 0.15) is 68.7 Å². The first-order valence-corrected chi connectivity index (χ1v) is 8.58. The second kappa shape index (κ2) is 6.63. The summed E-state index contributed by atoms with van der Waals surface area (Å²) in [6, 6.07) is 0. The minimum Gasteiger partial charge on any atom is -0.373 e. The average molecular weight is 288 g/mol. The Balaban J connectivity index is 1.56. The van der Waals surface area contributed by atoms with Crippen molar-refractivity contribution in [1.82, 2.24) is 9.97 Å². The first-order valence-electron chi connectivity index (χ1n) is 8.58. The van der Waals surface area contributed by atoms with Gasteiger partial charge in [-0.15, -0.1) is 0 Å². The minimum absolute atomic E-state index is 0.594. The van der Waals surface area contributed by atoms with E-state index < -0.39 is 0 Å². The number of hydrogen-bond acceptors (Lipinski definition) is 4. The lowest BCUT2D eigenvalue weighted by Crippen LogP contribution is -2.11. The first kappa shape index (κ1) is 14.6. The number of aromatic nitrogens is 2. The van der Waals surface area contributed by atoms with Gasteiger partial charge in [0.1, 0.15) is 17.5 Å². The first-order chi connectivity index (χ1) is 10.3. The van der Waals surface area contributed by atoms with Crippen LogP contribution < -0.4 is 10.6 Å². The number of nitrogens with one attached hydrogen (secondary N) is 2. The van der Waals surface area contributed by atoms with Crippen molar-refractivity contribution in [2.75, 3.05) is 24.2 Å². The second-order valence-corrected chi connectivity index (χ2v) is 6.65. The third-order valence-electron chi connectivity index (χ3n) is 4.90. The van der Waals surface area contributed by atoms with E-state index in [2.05, 4.69) is 22.5 Å². The van der Waals surface area contributed by atoms with Crippen LogP contribution in [0.15, 0.2) is 0 Å². The Morgan fingerprint density at radius 1 is 1.05 bits per heavy atom. The molecule has 0 saturated heterocycles. The Kier molecular flexibility index (Phi) is 4.61. The molecule has 0 bridgehead atoms. The van der Waals surface area contributed by atoms with E-state index in [1.165, 1.54) is 51.4 Å². The zero-order valence-corrected chi connectivity index (χ0v) is 13.4. The van der Waals surface area contributed by atoms with Gasteiger partial charge in [-0.2, -0.15) is 0 Å². The van der Waals surface area contributed by atoms with Crippen LogP contribution in [-0.4, -0.2) is 23.6 Å². The largest absolute Gasteiger partial charge is 0.373 e. The molecule has 2 fully saturated rings. The molecule has 4 nitrogen and oxygen atoms in total. The van der Waals surface area contributed by atoms with E-state index in [0.717, 1.165) is 35.5 Å². The Hall–Kier alpha value is -1.32. The maximum Gasteiger partial charge on any atom is 0.136 e. The van der Waals surface area contributed by atoms with Gasteiger partial charge in [0.2, 0.25) is 0 Å². The predicted octanol–water partition coefficient (Wildman–Crippen LogP) is 4.09. The summed E-state index contributed by atoms with van der Waals surface area (Å²) in [7, 11) is 1.94. The highest BCUT2D eigenvalue weighted by atomic mass is 15.1. The van der Waals surface area contributed by atoms with Crippen LogP contribution in [0.2, 0.25) is 0 Å². The summed E-state index contributed by atoms with van der Waals surface area (Å²) in [6.07, 6.45) is 10.9. The molecule has 21 heavy (non-hydrogen) atoms. The van der Waals surface area contributed by atoms with Gasteiger partial charge in [-0.1, -0.05) is 25.7 Å². The van der Waals surface area contributed by atoms with Crippen molar-refractivity contribution in [3.05, 3.63) is 11.4 Å². The molecule has 116 valence electrons. The van der Waals surface area contributed by atoms with Gasteiger partial charge in [-0.05, 0) is 38.5 Å². The number of hydrogen-bond donors (Lipinski definition) is 2. The maximum atomic E-state index is 4.75. The summed E-state index contributed by atoms with van der Waals surface area (Å²) in [6.45, 7) is 3.13. The molecule has 2 N–H and O–H groups in total. The van der Waals surface area contributed by atoms with Gasteiger partial charge in [-0.25, -0.2) is 9.97 Å². The average Bonchev–Trinajstić information content (AvgIpc) is 3.22. The lowest BCUT2D eigenvalue weighted by atomic mass is 10.0. The molecule has 0 unspecified atom stereocenters. The molecule has 4 heteroatoms. The molecule has 0 radical (unpaired) electrons. The third-order valence-corrected chi connectivity index (χ3v) is 4.90. The summed E-state index contributed by atoms with van der Waals surface area (Å²) in [5.74, 6) is 4.60. The molecule has 0 aliphatic heterocycles. The Labute approximate surface area is 128 Å². The molecule has 0 spiro atoms. The van der Waals surface area contributed by atoms with E-state index in [1.807, 2.05) is 7.05 Å². The van der Waals surface area contributed by atoms with Crippen LogP contribution in [0.5, 0.6) is 0 Å². The fraction of sp³-hybridized carbons (Fsp3) is 0.765. The normalized spacial score (nSPS) is 19.0. The summed E-state index contributed by atoms with van der Waals surface area (Å²) < 4.78 is 0. The van der Waals surface area contributed by atoms with Crippen molar-refractivity contribution in [3.8, 4) is 0 Å². The summed E-state index contributed by atoms with van der Waals surface area (Å²) in [5, 5.41) is 6.75. The topological polar surface area (TPSA) is 49.8 Å².